The molecule has 2 aliphatic rings. The van der Waals surface area contributed by atoms with E-state index in [1.165, 1.54) is 0 Å². The van der Waals surface area contributed by atoms with E-state index in [9.17, 15) is 0 Å². The number of anilines is 4. The van der Waals surface area contributed by atoms with E-state index in [4.69, 9.17) is 14.5 Å². The molecule has 2 N–H and O–H groups in total. The fraction of sp³-hybridized carbons (Fsp3) is 0.435. The lowest BCUT2D eigenvalue weighted by molar-refractivity contribution is 0.312. The third kappa shape index (κ3) is 4.58. The van der Waals surface area contributed by atoms with Crippen molar-refractivity contribution in [2.24, 2.45) is 0 Å². The Morgan fingerprint density at radius 1 is 1.09 bits per heavy atom. The topological polar surface area (TPSA) is 115 Å². The first kappa shape index (κ1) is 22.0. The summed E-state index contributed by atoms with van der Waals surface area (Å²) >= 11 is 1.55. The summed E-state index contributed by atoms with van der Waals surface area (Å²) in [5, 5.41) is 17.7. The highest BCUT2D eigenvalue weighted by atomic mass is 32.1. The van der Waals surface area contributed by atoms with Crippen molar-refractivity contribution in [1.29, 1.82) is 0 Å². The third-order valence-electron chi connectivity index (χ3n) is 6.51. The molecule has 2 fully saturated rings. The Hall–Kier alpha value is -3.51. The fourth-order valence-electron chi connectivity index (χ4n) is 4.62. The van der Waals surface area contributed by atoms with Gasteiger partial charge >= 0.3 is 0 Å². The van der Waals surface area contributed by atoms with Crippen molar-refractivity contribution >= 4 is 34.7 Å². The van der Waals surface area contributed by atoms with Crippen LogP contribution in [0.3, 0.4) is 0 Å². The molecule has 4 aromatic heterocycles. The van der Waals surface area contributed by atoms with Crippen LogP contribution in [0.5, 0.6) is 0 Å². The molecule has 2 aliphatic heterocycles. The Kier molecular flexibility index (Phi) is 5.82. The van der Waals surface area contributed by atoms with Crippen LogP contribution < -0.4 is 15.1 Å². The van der Waals surface area contributed by atoms with E-state index in [-0.39, 0.29) is 6.04 Å². The molecule has 6 heterocycles. The minimum atomic E-state index is 0.0272. The van der Waals surface area contributed by atoms with Crippen molar-refractivity contribution in [3.05, 3.63) is 41.2 Å². The maximum atomic E-state index is 5.78. The number of aromatic nitrogens is 6. The van der Waals surface area contributed by atoms with Gasteiger partial charge in [0.15, 0.2) is 11.6 Å². The highest BCUT2D eigenvalue weighted by Crippen LogP contribution is 2.37. The van der Waals surface area contributed by atoms with E-state index in [0.717, 1.165) is 85.2 Å². The SMILES string of the molecule is Cc1cc(Nc2cc(N3CCN(C)CC3)nc(N3CCCC3c3cc(-c4nccs4)no3)n2)n[nH]1. The van der Waals surface area contributed by atoms with Gasteiger partial charge < -0.3 is 24.5 Å². The molecule has 35 heavy (non-hydrogen) atoms. The van der Waals surface area contributed by atoms with E-state index in [0.29, 0.717) is 5.95 Å². The molecule has 0 saturated carbocycles. The number of nitrogens with one attached hydrogen (secondary N) is 2. The molecular formula is C23H28N10OS. The number of likely N-dealkylation sites (N-methyl/N-ethyl adjacent to an activating group) is 1. The number of aromatic amines is 1. The van der Waals surface area contributed by atoms with Gasteiger partial charge in [-0.3, -0.25) is 5.10 Å². The molecule has 0 aliphatic carbocycles. The minimum absolute atomic E-state index is 0.0272. The number of hydrogen-bond acceptors (Lipinski definition) is 11. The maximum Gasteiger partial charge on any atom is 0.229 e. The number of nitrogens with zero attached hydrogens (tertiary/aromatic N) is 8. The predicted molar refractivity (Wildman–Crippen MR) is 135 cm³/mol. The summed E-state index contributed by atoms with van der Waals surface area (Å²) in [5.41, 5.74) is 1.76. The van der Waals surface area contributed by atoms with Gasteiger partial charge in [0.1, 0.15) is 22.3 Å². The number of hydrogen-bond donors (Lipinski definition) is 2. The molecule has 2 saturated heterocycles. The minimum Gasteiger partial charge on any atom is -0.358 e. The van der Waals surface area contributed by atoms with Crippen molar-refractivity contribution in [3.63, 3.8) is 0 Å². The maximum absolute atomic E-state index is 5.78. The van der Waals surface area contributed by atoms with Gasteiger partial charge in [-0.05, 0) is 26.8 Å². The van der Waals surface area contributed by atoms with E-state index < -0.39 is 0 Å². The van der Waals surface area contributed by atoms with Gasteiger partial charge in [0.25, 0.3) is 0 Å². The van der Waals surface area contributed by atoms with E-state index in [1.807, 2.05) is 30.5 Å². The third-order valence-corrected chi connectivity index (χ3v) is 7.30. The summed E-state index contributed by atoms with van der Waals surface area (Å²) < 4.78 is 5.78. The van der Waals surface area contributed by atoms with Crippen molar-refractivity contribution in [2.45, 2.75) is 25.8 Å². The average Bonchev–Trinajstić information content (AvgIpc) is 3.66. The van der Waals surface area contributed by atoms with E-state index in [2.05, 4.69) is 47.4 Å². The Morgan fingerprint density at radius 2 is 1.97 bits per heavy atom. The number of H-pyrrole nitrogens is 1. The van der Waals surface area contributed by atoms with Gasteiger partial charge in [-0.1, -0.05) is 5.16 Å². The van der Waals surface area contributed by atoms with Crippen LogP contribution >= 0.6 is 11.3 Å². The molecule has 12 heteroatoms. The highest BCUT2D eigenvalue weighted by molar-refractivity contribution is 7.13. The Labute approximate surface area is 207 Å². The van der Waals surface area contributed by atoms with Gasteiger partial charge in [-0.2, -0.15) is 15.1 Å². The summed E-state index contributed by atoms with van der Waals surface area (Å²) in [6.45, 7) is 6.69. The lowest BCUT2D eigenvalue weighted by Crippen LogP contribution is -2.45. The molecule has 0 radical (unpaired) electrons. The number of rotatable bonds is 6. The van der Waals surface area contributed by atoms with Crippen LogP contribution in [0, 0.1) is 6.92 Å². The predicted octanol–water partition coefficient (Wildman–Crippen LogP) is 3.46. The van der Waals surface area contributed by atoms with Crippen LogP contribution in [0.2, 0.25) is 0 Å². The van der Waals surface area contributed by atoms with Gasteiger partial charge in [0.05, 0.1) is 6.04 Å². The number of piperazine rings is 1. The van der Waals surface area contributed by atoms with Gasteiger partial charge in [-0.25, -0.2) is 4.98 Å². The van der Waals surface area contributed by atoms with Crippen LogP contribution in [-0.2, 0) is 0 Å². The molecule has 0 spiro atoms. The lowest BCUT2D eigenvalue weighted by Gasteiger charge is -2.34. The molecule has 0 amide bonds. The van der Waals surface area contributed by atoms with Crippen molar-refractivity contribution < 1.29 is 4.52 Å². The van der Waals surface area contributed by atoms with Crippen molar-refractivity contribution in [3.8, 4) is 10.7 Å². The summed E-state index contributed by atoms with van der Waals surface area (Å²) in [4.78, 5) is 21.2. The standard InChI is InChI=1S/C23H28N10OS/c1-15-12-20(29-28-15)25-19-14-21(32-9-7-31(2)8-10-32)27-23(26-19)33-6-3-4-17(33)18-13-16(30-34-18)22-24-5-11-35-22/h5,11-14,17H,3-4,6-10H2,1-2H3,(H2,25,26,27,28,29). The first-order chi connectivity index (χ1) is 17.1. The normalized spacial score (nSPS) is 19.0. The zero-order valence-corrected chi connectivity index (χ0v) is 20.6. The number of thiazole rings is 1. The van der Waals surface area contributed by atoms with Gasteiger partial charge in [-0.15, -0.1) is 11.3 Å². The molecule has 0 bridgehead atoms. The molecular weight excluding hydrogens is 464 g/mol. The van der Waals surface area contributed by atoms with Gasteiger partial charge in [0.2, 0.25) is 5.95 Å². The first-order valence-corrected chi connectivity index (χ1v) is 12.7. The first-order valence-electron chi connectivity index (χ1n) is 11.9. The second kappa shape index (κ2) is 9.27. The Morgan fingerprint density at radius 3 is 2.74 bits per heavy atom. The molecule has 182 valence electrons. The summed E-state index contributed by atoms with van der Waals surface area (Å²) in [6.07, 6.45) is 3.76. The second-order valence-corrected chi connectivity index (χ2v) is 9.96. The summed E-state index contributed by atoms with van der Waals surface area (Å²) in [5.74, 6) is 3.88. The quantitative estimate of drug-likeness (QED) is 0.415. The van der Waals surface area contributed by atoms with Crippen LogP contribution in [-0.4, -0.2) is 75.0 Å². The van der Waals surface area contributed by atoms with Crippen LogP contribution in [0.15, 0.2) is 34.3 Å². The molecule has 1 unspecified atom stereocenters. The van der Waals surface area contributed by atoms with Crippen LogP contribution in [0.1, 0.15) is 30.3 Å². The van der Waals surface area contributed by atoms with E-state index >= 15 is 0 Å². The second-order valence-electron chi connectivity index (χ2n) is 9.07. The van der Waals surface area contributed by atoms with Crippen LogP contribution in [0.4, 0.5) is 23.4 Å². The fourth-order valence-corrected chi connectivity index (χ4v) is 5.21. The molecule has 1 atom stereocenters. The molecule has 11 nitrogen and oxygen atoms in total. The van der Waals surface area contributed by atoms with Crippen LogP contribution in [0.25, 0.3) is 10.7 Å². The monoisotopic (exact) mass is 492 g/mol. The lowest BCUT2D eigenvalue weighted by atomic mass is 10.1. The summed E-state index contributed by atoms with van der Waals surface area (Å²) in [7, 11) is 2.15. The largest absolute Gasteiger partial charge is 0.358 e. The number of aryl methyl sites for hydroxylation is 1. The smallest absolute Gasteiger partial charge is 0.229 e. The van der Waals surface area contributed by atoms with Gasteiger partial charge in [0, 0.05) is 68.2 Å². The molecule has 6 rings (SSSR count). The zero-order chi connectivity index (χ0) is 23.8. The molecule has 4 aromatic rings. The van der Waals surface area contributed by atoms with Crippen molar-refractivity contribution in [2.75, 3.05) is 54.9 Å². The van der Waals surface area contributed by atoms with Crippen molar-refractivity contribution in [1.82, 2.24) is 35.2 Å². The highest BCUT2D eigenvalue weighted by Gasteiger charge is 2.32. The van der Waals surface area contributed by atoms with E-state index in [1.54, 1.807) is 17.5 Å². The average molecular weight is 493 g/mol. The zero-order valence-electron chi connectivity index (χ0n) is 19.8. The Balaban J connectivity index is 1.32. The Bertz CT molecular complexity index is 1280. The molecule has 0 aromatic carbocycles. The summed E-state index contributed by atoms with van der Waals surface area (Å²) in [6, 6.07) is 6.00.